The van der Waals surface area contributed by atoms with Gasteiger partial charge in [-0.2, -0.15) is 9.29 Å². The lowest BCUT2D eigenvalue weighted by molar-refractivity contribution is 0.372. The molecule has 7 nitrogen and oxygen atoms in total. The number of sulfonamides is 1. The Morgan fingerprint density at radius 1 is 1.20 bits per heavy atom. The van der Waals surface area contributed by atoms with Crippen LogP contribution < -0.4 is 5.73 Å². The first-order valence-electron chi connectivity index (χ1n) is 8.45. The van der Waals surface area contributed by atoms with E-state index in [4.69, 9.17) is 10.3 Å². The second-order valence-corrected chi connectivity index (χ2v) is 8.92. The van der Waals surface area contributed by atoms with Crippen molar-refractivity contribution in [1.82, 2.24) is 14.4 Å². The molecule has 0 amide bonds. The fraction of sp³-hybridized carbons (Fsp3) is 0.529. The zero-order valence-corrected chi connectivity index (χ0v) is 15.6. The maximum absolute atomic E-state index is 12.5. The zero-order valence-electron chi connectivity index (χ0n) is 14.8. The summed E-state index contributed by atoms with van der Waals surface area (Å²) < 4.78 is 31.7. The van der Waals surface area contributed by atoms with Crippen LogP contribution in [-0.2, 0) is 15.6 Å². The van der Waals surface area contributed by atoms with Crippen molar-refractivity contribution in [2.75, 3.05) is 7.05 Å². The van der Waals surface area contributed by atoms with Crippen LogP contribution in [-0.4, -0.2) is 36.0 Å². The quantitative estimate of drug-likeness (QED) is 0.874. The summed E-state index contributed by atoms with van der Waals surface area (Å²) in [6.07, 6.45) is 3.84. The molecule has 8 heteroatoms. The number of benzene rings is 1. The van der Waals surface area contributed by atoms with E-state index in [-0.39, 0.29) is 10.9 Å². The fourth-order valence-corrected chi connectivity index (χ4v) is 4.35. The van der Waals surface area contributed by atoms with Crippen molar-refractivity contribution in [2.45, 2.75) is 56.0 Å². The third-order valence-corrected chi connectivity index (χ3v) is 6.92. The summed E-state index contributed by atoms with van der Waals surface area (Å²) in [6, 6.07) is 6.35. The number of rotatable bonds is 5. The van der Waals surface area contributed by atoms with Gasteiger partial charge in [0.05, 0.1) is 10.4 Å². The van der Waals surface area contributed by atoms with E-state index in [0.29, 0.717) is 17.3 Å². The van der Waals surface area contributed by atoms with Crippen molar-refractivity contribution in [3.63, 3.8) is 0 Å². The molecule has 1 aromatic carbocycles. The number of nitrogens with two attached hydrogens (primary N) is 1. The molecule has 1 aliphatic carbocycles. The molecule has 25 heavy (non-hydrogen) atoms. The van der Waals surface area contributed by atoms with Crippen LogP contribution in [0.1, 0.15) is 45.4 Å². The van der Waals surface area contributed by atoms with Gasteiger partial charge in [0.25, 0.3) is 5.89 Å². The van der Waals surface area contributed by atoms with Crippen LogP contribution in [0.3, 0.4) is 0 Å². The summed E-state index contributed by atoms with van der Waals surface area (Å²) in [5, 5.41) is 4.03. The normalized spacial score (nSPS) is 17.5. The van der Waals surface area contributed by atoms with E-state index >= 15 is 0 Å². The minimum absolute atomic E-state index is 0.115. The molecule has 0 unspecified atom stereocenters. The lowest BCUT2D eigenvalue weighted by atomic mass is 9.99. The molecular formula is C17H24N4O3S. The van der Waals surface area contributed by atoms with Gasteiger partial charge in [-0.15, -0.1) is 0 Å². The summed E-state index contributed by atoms with van der Waals surface area (Å²) in [7, 11) is -1.94. The molecule has 0 atom stereocenters. The SMILES string of the molecule is CC(C)N(C)S(=O)(=O)c1ccc(-c2nc(C3(N)CCCC3)no2)cc1. The average molecular weight is 364 g/mol. The summed E-state index contributed by atoms with van der Waals surface area (Å²) in [5.41, 5.74) is 6.51. The molecule has 0 radical (unpaired) electrons. The summed E-state index contributed by atoms with van der Waals surface area (Å²) >= 11 is 0. The standard InChI is InChI=1S/C17H24N4O3S/c1-12(2)21(3)25(22,23)14-8-6-13(7-9-14)15-19-16(20-24-15)17(18)10-4-5-11-17/h6-9,12H,4-5,10-11,18H2,1-3H3. The van der Waals surface area contributed by atoms with Gasteiger partial charge in [-0.3, -0.25) is 0 Å². The van der Waals surface area contributed by atoms with E-state index in [2.05, 4.69) is 10.1 Å². The van der Waals surface area contributed by atoms with Gasteiger partial charge in [0.15, 0.2) is 5.82 Å². The number of hydrogen-bond acceptors (Lipinski definition) is 6. The Morgan fingerprint density at radius 3 is 2.36 bits per heavy atom. The first kappa shape index (κ1) is 18.0. The third kappa shape index (κ3) is 3.33. The van der Waals surface area contributed by atoms with E-state index in [9.17, 15) is 8.42 Å². The highest BCUT2D eigenvalue weighted by Crippen LogP contribution is 2.35. The fourth-order valence-electron chi connectivity index (χ4n) is 2.99. The van der Waals surface area contributed by atoms with Crippen molar-refractivity contribution in [3.05, 3.63) is 30.1 Å². The zero-order chi connectivity index (χ0) is 18.2. The maximum Gasteiger partial charge on any atom is 0.257 e. The minimum atomic E-state index is -3.51. The molecule has 136 valence electrons. The van der Waals surface area contributed by atoms with Crippen LogP contribution in [0.5, 0.6) is 0 Å². The summed E-state index contributed by atoms with van der Waals surface area (Å²) in [5.74, 6) is 0.879. The van der Waals surface area contributed by atoms with Crippen molar-refractivity contribution in [3.8, 4) is 11.5 Å². The summed E-state index contributed by atoms with van der Waals surface area (Å²) in [6.45, 7) is 3.66. The Balaban J connectivity index is 1.85. The lowest BCUT2D eigenvalue weighted by Crippen LogP contribution is -2.34. The van der Waals surface area contributed by atoms with Gasteiger partial charge in [0.1, 0.15) is 0 Å². The van der Waals surface area contributed by atoms with Crippen LogP contribution in [0.2, 0.25) is 0 Å². The van der Waals surface area contributed by atoms with Gasteiger partial charge in [-0.25, -0.2) is 8.42 Å². The van der Waals surface area contributed by atoms with Gasteiger partial charge < -0.3 is 10.3 Å². The topological polar surface area (TPSA) is 102 Å². The molecule has 1 aromatic heterocycles. The maximum atomic E-state index is 12.5. The molecule has 3 rings (SSSR count). The predicted molar refractivity (Wildman–Crippen MR) is 94.2 cm³/mol. The Labute approximate surface area is 148 Å². The molecule has 1 fully saturated rings. The molecule has 2 aromatic rings. The first-order chi connectivity index (χ1) is 11.7. The van der Waals surface area contributed by atoms with Crippen LogP contribution in [0, 0.1) is 0 Å². The molecule has 1 aliphatic rings. The monoisotopic (exact) mass is 364 g/mol. The molecular weight excluding hydrogens is 340 g/mol. The smallest absolute Gasteiger partial charge is 0.257 e. The van der Waals surface area contributed by atoms with E-state index in [1.54, 1.807) is 31.3 Å². The van der Waals surface area contributed by atoms with Crippen LogP contribution in [0.15, 0.2) is 33.7 Å². The minimum Gasteiger partial charge on any atom is -0.334 e. The molecule has 2 N–H and O–H groups in total. The Morgan fingerprint density at radius 2 is 1.80 bits per heavy atom. The second-order valence-electron chi connectivity index (χ2n) is 6.93. The highest BCUT2D eigenvalue weighted by atomic mass is 32.2. The number of hydrogen-bond donors (Lipinski definition) is 1. The van der Waals surface area contributed by atoms with E-state index < -0.39 is 15.6 Å². The van der Waals surface area contributed by atoms with E-state index in [0.717, 1.165) is 25.7 Å². The van der Waals surface area contributed by atoms with Crippen molar-refractivity contribution >= 4 is 10.0 Å². The first-order valence-corrected chi connectivity index (χ1v) is 9.89. The average Bonchev–Trinajstić information content (AvgIpc) is 3.24. The molecule has 1 heterocycles. The van der Waals surface area contributed by atoms with Crippen molar-refractivity contribution in [2.24, 2.45) is 5.73 Å². The van der Waals surface area contributed by atoms with Crippen molar-refractivity contribution < 1.29 is 12.9 Å². The van der Waals surface area contributed by atoms with Gasteiger partial charge in [-0.1, -0.05) is 18.0 Å². The van der Waals surface area contributed by atoms with Gasteiger partial charge >= 0.3 is 0 Å². The Hall–Kier alpha value is -1.77. The van der Waals surface area contributed by atoms with E-state index in [1.807, 2.05) is 13.8 Å². The van der Waals surface area contributed by atoms with Crippen LogP contribution >= 0.6 is 0 Å². The Kier molecular flexibility index (Phi) is 4.70. The van der Waals surface area contributed by atoms with Crippen molar-refractivity contribution in [1.29, 1.82) is 0 Å². The predicted octanol–water partition coefficient (Wildman–Crippen LogP) is 2.49. The molecule has 0 spiro atoms. The van der Waals surface area contributed by atoms with Crippen LogP contribution in [0.4, 0.5) is 0 Å². The highest BCUT2D eigenvalue weighted by Gasteiger charge is 2.36. The molecule has 0 saturated heterocycles. The lowest BCUT2D eigenvalue weighted by Gasteiger charge is -2.20. The van der Waals surface area contributed by atoms with Gasteiger partial charge in [-0.05, 0) is 51.0 Å². The second kappa shape index (κ2) is 6.51. The molecule has 1 saturated carbocycles. The number of aromatic nitrogens is 2. The summed E-state index contributed by atoms with van der Waals surface area (Å²) in [4.78, 5) is 4.66. The molecule has 0 bridgehead atoms. The largest absolute Gasteiger partial charge is 0.334 e. The number of nitrogens with zero attached hydrogens (tertiary/aromatic N) is 3. The highest BCUT2D eigenvalue weighted by molar-refractivity contribution is 7.89. The van der Waals surface area contributed by atoms with E-state index in [1.165, 1.54) is 4.31 Å². The van der Waals surface area contributed by atoms with Crippen LogP contribution in [0.25, 0.3) is 11.5 Å². The third-order valence-electron chi connectivity index (χ3n) is 4.87. The van der Waals surface area contributed by atoms with Gasteiger partial charge in [0, 0.05) is 18.7 Å². The Bertz CT molecular complexity index is 837. The van der Waals surface area contributed by atoms with Gasteiger partial charge in [0.2, 0.25) is 10.0 Å². The molecule has 0 aliphatic heterocycles.